The van der Waals surface area contributed by atoms with Crippen molar-refractivity contribution in [2.24, 2.45) is 5.73 Å². The highest BCUT2D eigenvalue weighted by atomic mass is 32.1. The first-order valence-corrected chi connectivity index (χ1v) is 5.23. The zero-order chi connectivity index (χ0) is 11.4. The van der Waals surface area contributed by atoms with Crippen LogP contribution in [-0.4, -0.2) is 25.7 Å². The summed E-state index contributed by atoms with van der Waals surface area (Å²) in [5.74, 6) is -0.443. The van der Waals surface area contributed by atoms with Gasteiger partial charge in [0.05, 0.1) is 12.2 Å². The third kappa shape index (κ3) is 2.47. The molecule has 15 heavy (non-hydrogen) atoms. The predicted molar refractivity (Wildman–Crippen MR) is 58.3 cm³/mol. The smallest absolute Gasteiger partial charge is 0.341 e. The number of carbonyl (C=O) groups is 2. The summed E-state index contributed by atoms with van der Waals surface area (Å²) in [5, 5.41) is 2.21. The molecular formula is C9H12N2O3S. The molecule has 82 valence electrons. The molecule has 0 atom stereocenters. The average Bonchev–Trinajstić information content (AvgIpc) is 2.65. The Morgan fingerprint density at radius 1 is 1.60 bits per heavy atom. The van der Waals surface area contributed by atoms with E-state index in [4.69, 9.17) is 10.5 Å². The second kappa shape index (κ2) is 4.79. The molecule has 1 aromatic heterocycles. The maximum absolute atomic E-state index is 11.5. The first-order chi connectivity index (χ1) is 7.07. The van der Waals surface area contributed by atoms with Gasteiger partial charge in [0, 0.05) is 7.05 Å². The van der Waals surface area contributed by atoms with Crippen LogP contribution in [0.15, 0.2) is 11.4 Å². The Kier molecular flexibility index (Phi) is 3.68. The predicted octanol–water partition coefficient (Wildman–Crippen LogP) is 1.44. The van der Waals surface area contributed by atoms with E-state index in [0.29, 0.717) is 17.2 Å². The van der Waals surface area contributed by atoms with E-state index >= 15 is 0 Å². The SMILES string of the molecule is CCOC(=O)c1ccsc1N(C)C(N)=O. The number of primary amides is 1. The van der Waals surface area contributed by atoms with E-state index in [1.54, 1.807) is 18.4 Å². The summed E-state index contributed by atoms with van der Waals surface area (Å²) in [7, 11) is 1.51. The minimum atomic E-state index is -0.608. The molecular weight excluding hydrogens is 216 g/mol. The number of carbonyl (C=O) groups excluding carboxylic acids is 2. The molecule has 1 aromatic rings. The fourth-order valence-corrected chi connectivity index (χ4v) is 1.88. The molecule has 0 saturated heterocycles. The van der Waals surface area contributed by atoms with Crippen LogP contribution in [0.1, 0.15) is 17.3 Å². The highest BCUT2D eigenvalue weighted by Gasteiger charge is 2.19. The molecule has 6 heteroatoms. The normalized spacial score (nSPS) is 9.73. The van der Waals surface area contributed by atoms with E-state index in [0.717, 1.165) is 0 Å². The first-order valence-electron chi connectivity index (χ1n) is 4.35. The second-order valence-corrected chi connectivity index (χ2v) is 3.65. The molecule has 0 fully saturated rings. The lowest BCUT2D eigenvalue weighted by Crippen LogP contribution is -2.32. The number of anilines is 1. The van der Waals surface area contributed by atoms with Crippen molar-refractivity contribution < 1.29 is 14.3 Å². The lowest BCUT2D eigenvalue weighted by molar-refractivity contribution is 0.0528. The van der Waals surface area contributed by atoms with Crippen LogP contribution in [0.5, 0.6) is 0 Å². The van der Waals surface area contributed by atoms with Crippen molar-refractivity contribution in [3.05, 3.63) is 17.0 Å². The molecule has 2 amide bonds. The van der Waals surface area contributed by atoms with E-state index in [-0.39, 0.29) is 0 Å². The molecule has 0 spiro atoms. The van der Waals surface area contributed by atoms with Gasteiger partial charge >= 0.3 is 12.0 Å². The fourth-order valence-electron chi connectivity index (χ4n) is 1.03. The molecule has 1 rings (SSSR count). The number of urea groups is 1. The van der Waals surface area contributed by atoms with Crippen molar-refractivity contribution in [1.29, 1.82) is 0 Å². The Morgan fingerprint density at radius 2 is 2.27 bits per heavy atom. The van der Waals surface area contributed by atoms with Crippen LogP contribution in [0.3, 0.4) is 0 Å². The molecule has 0 bridgehead atoms. The van der Waals surface area contributed by atoms with Crippen molar-refractivity contribution in [2.45, 2.75) is 6.92 Å². The maximum atomic E-state index is 11.5. The number of nitrogens with two attached hydrogens (primary N) is 1. The van der Waals surface area contributed by atoms with Crippen molar-refractivity contribution in [1.82, 2.24) is 0 Å². The van der Waals surface area contributed by atoms with Crippen LogP contribution < -0.4 is 10.6 Å². The molecule has 0 aliphatic carbocycles. The average molecular weight is 228 g/mol. The number of ether oxygens (including phenoxy) is 1. The van der Waals surface area contributed by atoms with Gasteiger partial charge in [0.2, 0.25) is 0 Å². The molecule has 0 unspecified atom stereocenters. The van der Waals surface area contributed by atoms with Crippen LogP contribution >= 0.6 is 11.3 Å². The van der Waals surface area contributed by atoms with Crippen LogP contribution in [0.2, 0.25) is 0 Å². The summed E-state index contributed by atoms with van der Waals surface area (Å²) in [6.45, 7) is 2.02. The summed E-state index contributed by atoms with van der Waals surface area (Å²) < 4.78 is 4.85. The number of nitrogens with zero attached hydrogens (tertiary/aromatic N) is 1. The molecule has 0 aromatic carbocycles. The number of hydrogen-bond acceptors (Lipinski definition) is 4. The van der Waals surface area contributed by atoms with Gasteiger partial charge in [-0.2, -0.15) is 0 Å². The number of amides is 2. The number of hydrogen-bond donors (Lipinski definition) is 1. The van der Waals surface area contributed by atoms with Gasteiger partial charge in [0.1, 0.15) is 5.00 Å². The van der Waals surface area contributed by atoms with Crippen molar-refractivity contribution in [2.75, 3.05) is 18.6 Å². The van der Waals surface area contributed by atoms with Crippen molar-refractivity contribution in [3.8, 4) is 0 Å². The number of thiophene rings is 1. The highest BCUT2D eigenvalue weighted by Crippen LogP contribution is 2.27. The van der Waals surface area contributed by atoms with E-state index in [9.17, 15) is 9.59 Å². The van der Waals surface area contributed by atoms with Gasteiger partial charge in [0.25, 0.3) is 0 Å². The van der Waals surface area contributed by atoms with E-state index in [1.165, 1.54) is 23.3 Å². The molecule has 0 saturated carbocycles. The van der Waals surface area contributed by atoms with E-state index in [1.807, 2.05) is 0 Å². The van der Waals surface area contributed by atoms with Gasteiger partial charge in [-0.15, -0.1) is 11.3 Å². The number of rotatable bonds is 3. The van der Waals surface area contributed by atoms with Crippen molar-refractivity contribution in [3.63, 3.8) is 0 Å². The largest absolute Gasteiger partial charge is 0.462 e. The first kappa shape index (κ1) is 11.5. The Morgan fingerprint density at radius 3 is 2.80 bits per heavy atom. The lowest BCUT2D eigenvalue weighted by atomic mass is 10.3. The summed E-state index contributed by atoms with van der Waals surface area (Å²) in [6, 6.07) is 1.00. The lowest BCUT2D eigenvalue weighted by Gasteiger charge is -2.13. The monoisotopic (exact) mass is 228 g/mol. The second-order valence-electron chi connectivity index (χ2n) is 2.76. The summed E-state index contributed by atoms with van der Waals surface area (Å²) in [5.41, 5.74) is 5.48. The van der Waals surface area contributed by atoms with Crippen LogP contribution in [0.25, 0.3) is 0 Å². The summed E-state index contributed by atoms with van der Waals surface area (Å²) in [4.78, 5) is 23.6. The van der Waals surface area contributed by atoms with Gasteiger partial charge in [-0.25, -0.2) is 9.59 Å². The fraction of sp³-hybridized carbons (Fsp3) is 0.333. The zero-order valence-electron chi connectivity index (χ0n) is 8.52. The maximum Gasteiger partial charge on any atom is 0.341 e. The van der Waals surface area contributed by atoms with Gasteiger partial charge < -0.3 is 10.5 Å². The quantitative estimate of drug-likeness (QED) is 0.795. The molecule has 1 heterocycles. The Hall–Kier alpha value is -1.56. The molecule has 5 nitrogen and oxygen atoms in total. The summed E-state index contributed by atoms with van der Waals surface area (Å²) >= 11 is 1.26. The standard InChI is InChI=1S/C9H12N2O3S/c1-3-14-8(12)6-4-5-15-7(6)11(2)9(10)13/h4-5H,3H2,1-2H3,(H2,10,13). The topological polar surface area (TPSA) is 72.6 Å². The van der Waals surface area contributed by atoms with Crippen LogP contribution in [0, 0.1) is 0 Å². The van der Waals surface area contributed by atoms with Gasteiger partial charge in [-0.05, 0) is 18.4 Å². The van der Waals surface area contributed by atoms with Crippen LogP contribution in [0.4, 0.5) is 9.80 Å². The highest BCUT2D eigenvalue weighted by molar-refractivity contribution is 7.14. The Labute approximate surface area is 91.4 Å². The minimum absolute atomic E-state index is 0.300. The van der Waals surface area contributed by atoms with Gasteiger partial charge in [0.15, 0.2) is 0 Å². The minimum Gasteiger partial charge on any atom is -0.462 e. The third-order valence-corrected chi connectivity index (χ3v) is 2.76. The molecule has 0 aliphatic rings. The molecule has 0 radical (unpaired) electrons. The van der Waals surface area contributed by atoms with Gasteiger partial charge in [-0.3, -0.25) is 4.90 Å². The summed E-state index contributed by atoms with van der Waals surface area (Å²) in [6.07, 6.45) is 0. The number of esters is 1. The van der Waals surface area contributed by atoms with Gasteiger partial charge in [-0.1, -0.05) is 0 Å². The molecule has 2 N–H and O–H groups in total. The Bertz CT molecular complexity index is 375. The zero-order valence-corrected chi connectivity index (χ0v) is 9.34. The van der Waals surface area contributed by atoms with Crippen molar-refractivity contribution >= 4 is 28.3 Å². The Balaban J connectivity index is 2.96. The molecule has 0 aliphatic heterocycles. The van der Waals surface area contributed by atoms with E-state index < -0.39 is 12.0 Å². The third-order valence-electron chi connectivity index (χ3n) is 1.78. The van der Waals surface area contributed by atoms with E-state index in [2.05, 4.69) is 0 Å². The van der Waals surface area contributed by atoms with Crippen LogP contribution in [-0.2, 0) is 4.74 Å².